The Hall–Kier alpha value is -1.32. The lowest BCUT2D eigenvalue weighted by atomic mass is 10.0. The molecule has 0 bridgehead atoms. The van der Waals surface area contributed by atoms with Gasteiger partial charge in [-0.2, -0.15) is 0 Å². The lowest BCUT2D eigenvalue weighted by molar-refractivity contribution is 0.165. The van der Waals surface area contributed by atoms with Gasteiger partial charge in [0, 0.05) is 17.1 Å². The molecular weight excluding hydrogens is 176 g/mol. The summed E-state index contributed by atoms with van der Waals surface area (Å²) < 4.78 is 0. The predicted octanol–water partition coefficient (Wildman–Crippen LogP) is 1.55. The highest BCUT2D eigenvalue weighted by molar-refractivity contribution is 5.83. The lowest BCUT2D eigenvalue weighted by Crippen LogP contribution is -2.22. The number of fused-ring (bicyclic) bond motifs is 1. The fourth-order valence-corrected chi connectivity index (χ4v) is 1.63. The number of aromatic nitrogens is 1. The molecule has 2 aromatic rings. The number of para-hydroxylation sites is 1. The maximum atomic E-state index is 9.41. The van der Waals surface area contributed by atoms with Crippen molar-refractivity contribution in [2.24, 2.45) is 5.73 Å². The Kier molecular flexibility index (Phi) is 2.27. The molecule has 0 amide bonds. The van der Waals surface area contributed by atoms with Gasteiger partial charge in [0.05, 0.1) is 12.1 Å². The number of aliphatic hydroxyl groups is 1. The number of H-pyrrole nitrogens is 1. The summed E-state index contributed by atoms with van der Waals surface area (Å²) in [6, 6.07) is 7.60. The number of aliphatic hydroxyl groups excluding tert-OH is 1. The molecule has 2 atom stereocenters. The molecule has 0 aliphatic carbocycles. The van der Waals surface area contributed by atoms with Crippen molar-refractivity contribution in [3.63, 3.8) is 0 Å². The van der Waals surface area contributed by atoms with Crippen LogP contribution in [-0.2, 0) is 0 Å². The van der Waals surface area contributed by atoms with Crippen molar-refractivity contribution >= 4 is 10.9 Å². The number of benzene rings is 1. The molecule has 0 spiro atoms. The van der Waals surface area contributed by atoms with Crippen LogP contribution in [0.15, 0.2) is 30.5 Å². The Morgan fingerprint density at radius 3 is 2.79 bits per heavy atom. The lowest BCUT2D eigenvalue weighted by Gasteiger charge is -2.13. The summed E-state index contributed by atoms with van der Waals surface area (Å²) in [5.41, 5.74) is 7.90. The maximum Gasteiger partial charge on any atom is 0.0705 e. The fourth-order valence-electron chi connectivity index (χ4n) is 1.63. The van der Waals surface area contributed by atoms with Crippen molar-refractivity contribution in [1.82, 2.24) is 4.98 Å². The summed E-state index contributed by atoms with van der Waals surface area (Å²) in [4.78, 5) is 3.13. The zero-order valence-corrected chi connectivity index (χ0v) is 8.07. The normalized spacial score (nSPS) is 15.6. The number of nitrogens with two attached hydrogens (primary N) is 1. The Labute approximate surface area is 82.6 Å². The van der Waals surface area contributed by atoms with Gasteiger partial charge in [0.2, 0.25) is 0 Å². The second-order valence-corrected chi connectivity index (χ2v) is 3.56. The van der Waals surface area contributed by atoms with Crippen LogP contribution in [0.5, 0.6) is 0 Å². The number of hydrogen-bond acceptors (Lipinski definition) is 2. The van der Waals surface area contributed by atoms with Crippen LogP contribution in [0.2, 0.25) is 0 Å². The van der Waals surface area contributed by atoms with Gasteiger partial charge in [0.15, 0.2) is 0 Å². The van der Waals surface area contributed by atoms with Crippen LogP contribution in [0.25, 0.3) is 10.9 Å². The summed E-state index contributed by atoms with van der Waals surface area (Å²) in [6.07, 6.45) is 1.33. The minimum Gasteiger partial charge on any atom is -0.391 e. The standard InChI is InChI=1S/C11H14N2O/c1-7(14)11(12)9-6-13-10-5-3-2-4-8(9)10/h2-7,11,13-14H,12H2,1H3/t7?,11-/m1/s1. The largest absolute Gasteiger partial charge is 0.391 e. The van der Waals surface area contributed by atoms with Crippen LogP contribution in [0, 0.1) is 0 Å². The van der Waals surface area contributed by atoms with Crippen molar-refractivity contribution < 1.29 is 5.11 Å². The summed E-state index contributed by atoms with van der Waals surface area (Å²) in [5, 5.41) is 10.5. The Balaban J connectivity index is 2.53. The van der Waals surface area contributed by atoms with E-state index in [-0.39, 0.29) is 6.04 Å². The highest BCUT2D eigenvalue weighted by Crippen LogP contribution is 2.24. The molecule has 74 valence electrons. The number of hydrogen-bond donors (Lipinski definition) is 3. The maximum absolute atomic E-state index is 9.41. The zero-order chi connectivity index (χ0) is 10.1. The van der Waals surface area contributed by atoms with Crippen molar-refractivity contribution in [1.29, 1.82) is 0 Å². The van der Waals surface area contributed by atoms with E-state index in [0.717, 1.165) is 16.5 Å². The number of nitrogens with one attached hydrogen (secondary N) is 1. The molecule has 1 heterocycles. The van der Waals surface area contributed by atoms with Crippen LogP contribution in [-0.4, -0.2) is 16.2 Å². The van der Waals surface area contributed by atoms with Gasteiger partial charge in [-0.3, -0.25) is 0 Å². The molecule has 1 unspecified atom stereocenters. The first-order chi connectivity index (χ1) is 6.70. The van der Waals surface area contributed by atoms with E-state index in [1.165, 1.54) is 0 Å². The minimum atomic E-state index is -0.533. The molecule has 14 heavy (non-hydrogen) atoms. The third kappa shape index (κ3) is 1.41. The first-order valence-corrected chi connectivity index (χ1v) is 4.70. The van der Waals surface area contributed by atoms with Crippen LogP contribution < -0.4 is 5.73 Å². The van der Waals surface area contributed by atoms with Gasteiger partial charge < -0.3 is 15.8 Å². The van der Waals surface area contributed by atoms with Gasteiger partial charge in [-0.25, -0.2) is 0 Å². The topological polar surface area (TPSA) is 62.0 Å². The number of aromatic amines is 1. The van der Waals surface area contributed by atoms with Gasteiger partial charge in [0.25, 0.3) is 0 Å². The van der Waals surface area contributed by atoms with Gasteiger partial charge in [-0.15, -0.1) is 0 Å². The molecule has 1 aromatic heterocycles. The third-order valence-electron chi connectivity index (χ3n) is 2.50. The monoisotopic (exact) mass is 190 g/mol. The van der Waals surface area contributed by atoms with E-state index in [1.54, 1.807) is 6.92 Å². The van der Waals surface area contributed by atoms with Crippen LogP contribution in [0.4, 0.5) is 0 Å². The highest BCUT2D eigenvalue weighted by atomic mass is 16.3. The summed E-state index contributed by atoms with van der Waals surface area (Å²) in [6.45, 7) is 1.70. The van der Waals surface area contributed by atoms with Gasteiger partial charge >= 0.3 is 0 Å². The Bertz CT molecular complexity index is 434. The summed E-state index contributed by atoms with van der Waals surface area (Å²) in [7, 11) is 0. The van der Waals surface area contributed by atoms with Gasteiger partial charge in [0.1, 0.15) is 0 Å². The summed E-state index contributed by atoms with van der Waals surface area (Å²) >= 11 is 0. The molecule has 0 fully saturated rings. The minimum absolute atomic E-state index is 0.328. The molecule has 3 nitrogen and oxygen atoms in total. The summed E-state index contributed by atoms with van der Waals surface area (Å²) in [5.74, 6) is 0. The second kappa shape index (κ2) is 3.44. The molecule has 0 aliphatic heterocycles. The molecule has 1 aromatic carbocycles. The van der Waals surface area contributed by atoms with E-state index >= 15 is 0 Å². The number of rotatable bonds is 2. The third-order valence-corrected chi connectivity index (χ3v) is 2.50. The predicted molar refractivity (Wildman–Crippen MR) is 56.9 cm³/mol. The van der Waals surface area contributed by atoms with E-state index in [1.807, 2.05) is 30.5 Å². The van der Waals surface area contributed by atoms with E-state index in [0.29, 0.717) is 0 Å². The van der Waals surface area contributed by atoms with E-state index in [4.69, 9.17) is 5.73 Å². The van der Waals surface area contributed by atoms with E-state index in [9.17, 15) is 5.11 Å². The molecule has 0 saturated heterocycles. The van der Waals surface area contributed by atoms with Gasteiger partial charge in [-0.1, -0.05) is 18.2 Å². The molecule has 0 radical (unpaired) electrons. The first-order valence-electron chi connectivity index (χ1n) is 4.70. The molecule has 4 N–H and O–H groups in total. The van der Waals surface area contributed by atoms with Crippen LogP contribution in [0.1, 0.15) is 18.5 Å². The quantitative estimate of drug-likeness (QED) is 0.672. The average Bonchev–Trinajstić information content (AvgIpc) is 2.60. The fraction of sp³-hybridized carbons (Fsp3) is 0.273. The average molecular weight is 190 g/mol. The molecule has 0 saturated carbocycles. The zero-order valence-electron chi connectivity index (χ0n) is 8.07. The van der Waals surface area contributed by atoms with Crippen molar-refractivity contribution in [3.05, 3.63) is 36.0 Å². The molecular formula is C11H14N2O. The van der Waals surface area contributed by atoms with Crippen molar-refractivity contribution in [2.75, 3.05) is 0 Å². The van der Waals surface area contributed by atoms with Crippen molar-refractivity contribution in [3.8, 4) is 0 Å². The van der Waals surface area contributed by atoms with Crippen molar-refractivity contribution in [2.45, 2.75) is 19.1 Å². The second-order valence-electron chi connectivity index (χ2n) is 3.56. The Morgan fingerprint density at radius 2 is 2.07 bits per heavy atom. The van der Waals surface area contributed by atoms with Crippen LogP contribution in [0.3, 0.4) is 0 Å². The smallest absolute Gasteiger partial charge is 0.0705 e. The van der Waals surface area contributed by atoms with Crippen LogP contribution >= 0.6 is 0 Å². The molecule has 0 aliphatic rings. The van der Waals surface area contributed by atoms with Gasteiger partial charge in [-0.05, 0) is 18.6 Å². The first kappa shape index (κ1) is 9.24. The SMILES string of the molecule is CC(O)[C@@H](N)c1c[nH]c2ccccc12. The van der Waals surface area contributed by atoms with E-state index < -0.39 is 6.10 Å². The molecule has 2 rings (SSSR count). The van der Waals surface area contributed by atoms with E-state index in [2.05, 4.69) is 4.98 Å². The Morgan fingerprint density at radius 1 is 1.36 bits per heavy atom. The highest BCUT2D eigenvalue weighted by Gasteiger charge is 2.15. The molecule has 3 heteroatoms.